The molecule has 7 nitrogen and oxygen atoms in total. The molecule has 0 bridgehead atoms. The van der Waals surface area contributed by atoms with Crippen LogP contribution in [0.15, 0.2) is 42.5 Å². The number of nitrogens with one attached hydrogen (secondary N) is 1. The summed E-state index contributed by atoms with van der Waals surface area (Å²) in [5.41, 5.74) is 1.57. The number of rotatable bonds is 5. The SMILES string of the molecule is COc1cc(NC(=O)CN2C(=O)Cc3ccccc3C2=O)cc(OC)c1. The van der Waals surface area contributed by atoms with Crippen molar-refractivity contribution in [3.05, 3.63) is 53.6 Å². The van der Waals surface area contributed by atoms with Crippen molar-refractivity contribution in [2.75, 3.05) is 26.1 Å². The molecule has 7 heteroatoms. The lowest BCUT2D eigenvalue weighted by Crippen LogP contribution is -2.46. The van der Waals surface area contributed by atoms with Crippen LogP contribution in [0.2, 0.25) is 0 Å². The van der Waals surface area contributed by atoms with E-state index in [1.165, 1.54) is 14.2 Å². The van der Waals surface area contributed by atoms with Crippen molar-refractivity contribution in [3.63, 3.8) is 0 Å². The highest BCUT2D eigenvalue weighted by molar-refractivity contribution is 6.12. The first-order chi connectivity index (χ1) is 12.5. The topological polar surface area (TPSA) is 84.9 Å². The van der Waals surface area contributed by atoms with Crippen LogP contribution >= 0.6 is 0 Å². The summed E-state index contributed by atoms with van der Waals surface area (Å²) in [6.07, 6.45) is 0.0994. The standard InChI is InChI=1S/C19H18N2O5/c1-25-14-8-13(9-15(10-14)26-2)20-17(22)11-21-18(23)7-12-5-3-4-6-16(12)19(21)24/h3-6,8-10H,7,11H2,1-2H3,(H,20,22). The molecule has 26 heavy (non-hydrogen) atoms. The van der Waals surface area contributed by atoms with Crippen molar-refractivity contribution in [2.24, 2.45) is 0 Å². The fraction of sp³-hybridized carbons (Fsp3) is 0.211. The number of hydrogen-bond acceptors (Lipinski definition) is 5. The van der Waals surface area contributed by atoms with Crippen molar-refractivity contribution in [3.8, 4) is 11.5 Å². The van der Waals surface area contributed by atoms with E-state index < -0.39 is 17.7 Å². The molecule has 0 radical (unpaired) electrons. The first-order valence-electron chi connectivity index (χ1n) is 7.97. The Bertz CT molecular complexity index is 856. The third-order valence-corrected chi connectivity index (χ3v) is 4.07. The van der Waals surface area contributed by atoms with Crippen LogP contribution in [0.4, 0.5) is 5.69 Å². The van der Waals surface area contributed by atoms with E-state index in [0.717, 1.165) is 4.90 Å². The number of hydrogen-bond donors (Lipinski definition) is 1. The lowest BCUT2D eigenvalue weighted by molar-refractivity contribution is -0.131. The predicted octanol–water partition coefficient (Wildman–Crippen LogP) is 1.87. The molecule has 2 aromatic rings. The maximum absolute atomic E-state index is 12.5. The molecule has 0 fully saturated rings. The highest BCUT2D eigenvalue weighted by atomic mass is 16.5. The van der Waals surface area contributed by atoms with Gasteiger partial charge in [0.1, 0.15) is 18.0 Å². The first-order valence-corrected chi connectivity index (χ1v) is 7.97. The average Bonchev–Trinajstić information content (AvgIpc) is 2.64. The number of carbonyl (C=O) groups is 3. The minimum Gasteiger partial charge on any atom is -0.497 e. The fourth-order valence-corrected chi connectivity index (χ4v) is 2.78. The van der Waals surface area contributed by atoms with Gasteiger partial charge >= 0.3 is 0 Å². The highest BCUT2D eigenvalue weighted by Crippen LogP contribution is 2.26. The molecule has 0 saturated heterocycles. The molecule has 1 aliphatic heterocycles. The predicted molar refractivity (Wildman–Crippen MR) is 94.4 cm³/mol. The van der Waals surface area contributed by atoms with E-state index in [-0.39, 0.29) is 13.0 Å². The Kier molecular flexibility index (Phi) is 4.88. The lowest BCUT2D eigenvalue weighted by Gasteiger charge is -2.26. The Balaban J connectivity index is 1.74. The van der Waals surface area contributed by atoms with Gasteiger partial charge in [0.15, 0.2) is 0 Å². The largest absolute Gasteiger partial charge is 0.497 e. The Morgan fingerprint density at radius 1 is 1.08 bits per heavy atom. The maximum Gasteiger partial charge on any atom is 0.261 e. The number of benzene rings is 2. The van der Waals surface area contributed by atoms with Gasteiger partial charge in [0.2, 0.25) is 11.8 Å². The van der Waals surface area contributed by atoms with Gasteiger partial charge in [-0.25, -0.2) is 0 Å². The van der Waals surface area contributed by atoms with Crippen molar-refractivity contribution < 1.29 is 23.9 Å². The molecule has 1 N–H and O–H groups in total. The lowest BCUT2D eigenvalue weighted by atomic mass is 9.98. The number of anilines is 1. The number of ether oxygens (including phenoxy) is 2. The van der Waals surface area contributed by atoms with Gasteiger partial charge in [-0.15, -0.1) is 0 Å². The van der Waals surface area contributed by atoms with Gasteiger partial charge in [0.05, 0.1) is 20.6 Å². The van der Waals surface area contributed by atoms with Crippen molar-refractivity contribution in [1.29, 1.82) is 0 Å². The monoisotopic (exact) mass is 354 g/mol. The van der Waals surface area contributed by atoms with Gasteiger partial charge in [-0.3, -0.25) is 19.3 Å². The molecule has 1 heterocycles. The van der Waals surface area contributed by atoms with Gasteiger partial charge in [-0.2, -0.15) is 0 Å². The molecule has 0 saturated carbocycles. The molecule has 0 unspecified atom stereocenters. The number of nitrogens with zero attached hydrogens (tertiary/aromatic N) is 1. The second-order valence-corrected chi connectivity index (χ2v) is 5.77. The zero-order valence-electron chi connectivity index (χ0n) is 14.4. The number of carbonyl (C=O) groups excluding carboxylic acids is 3. The smallest absolute Gasteiger partial charge is 0.261 e. The third-order valence-electron chi connectivity index (χ3n) is 4.07. The Labute approximate surface area is 150 Å². The van der Waals surface area contributed by atoms with E-state index >= 15 is 0 Å². The van der Waals surface area contributed by atoms with Crippen LogP contribution < -0.4 is 14.8 Å². The minimum atomic E-state index is -0.485. The Morgan fingerprint density at radius 2 is 1.73 bits per heavy atom. The molecule has 0 aromatic heterocycles. The van der Waals surface area contributed by atoms with Crippen molar-refractivity contribution in [2.45, 2.75) is 6.42 Å². The molecule has 0 atom stereocenters. The van der Waals surface area contributed by atoms with Gasteiger partial charge in [-0.05, 0) is 11.6 Å². The quantitative estimate of drug-likeness (QED) is 0.829. The summed E-state index contributed by atoms with van der Waals surface area (Å²) in [5.74, 6) is -0.318. The van der Waals surface area contributed by atoms with Crippen LogP contribution in [0.3, 0.4) is 0 Å². The molecular weight excluding hydrogens is 336 g/mol. The number of methoxy groups -OCH3 is 2. The van der Waals surface area contributed by atoms with Gasteiger partial charge in [-0.1, -0.05) is 18.2 Å². The van der Waals surface area contributed by atoms with E-state index in [1.54, 1.807) is 42.5 Å². The zero-order chi connectivity index (χ0) is 18.7. The molecule has 0 aliphatic carbocycles. The second kappa shape index (κ2) is 7.26. The van der Waals surface area contributed by atoms with Crippen LogP contribution in [0.5, 0.6) is 11.5 Å². The molecule has 3 rings (SSSR count). The Hall–Kier alpha value is -3.35. The summed E-state index contributed by atoms with van der Waals surface area (Å²) in [4.78, 5) is 38.1. The summed E-state index contributed by atoms with van der Waals surface area (Å²) in [6.45, 7) is -0.356. The molecule has 134 valence electrons. The number of imide groups is 1. The van der Waals surface area contributed by atoms with Gasteiger partial charge in [0.25, 0.3) is 5.91 Å². The van der Waals surface area contributed by atoms with E-state index in [0.29, 0.717) is 28.3 Å². The summed E-state index contributed by atoms with van der Waals surface area (Å²) >= 11 is 0. The molecule has 3 amide bonds. The third kappa shape index (κ3) is 3.51. The summed E-state index contributed by atoms with van der Waals surface area (Å²) in [5, 5.41) is 2.66. The summed E-state index contributed by atoms with van der Waals surface area (Å²) in [7, 11) is 3.01. The zero-order valence-corrected chi connectivity index (χ0v) is 14.4. The van der Waals surface area contributed by atoms with Crippen molar-refractivity contribution >= 4 is 23.4 Å². The average molecular weight is 354 g/mol. The molecule has 0 spiro atoms. The van der Waals surface area contributed by atoms with Gasteiger partial charge in [0, 0.05) is 29.4 Å². The Morgan fingerprint density at radius 3 is 2.38 bits per heavy atom. The van der Waals surface area contributed by atoms with Crippen LogP contribution in [-0.2, 0) is 16.0 Å². The molecule has 1 aliphatic rings. The fourth-order valence-electron chi connectivity index (χ4n) is 2.78. The molecule has 2 aromatic carbocycles. The summed E-state index contributed by atoms with van der Waals surface area (Å²) < 4.78 is 10.3. The van der Waals surface area contributed by atoms with Crippen LogP contribution in [0, 0.1) is 0 Å². The van der Waals surface area contributed by atoms with E-state index in [1.807, 2.05) is 0 Å². The first kappa shape index (κ1) is 17.5. The highest BCUT2D eigenvalue weighted by Gasteiger charge is 2.31. The maximum atomic E-state index is 12.5. The second-order valence-electron chi connectivity index (χ2n) is 5.77. The van der Waals surface area contributed by atoms with Gasteiger partial charge < -0.3 is 14.8 Å². The normalized spacial score (nSPS) is 13.2. The van der Waals surface area contributed by atoms with Crippen molar-refractivity contribution in [1.82, 2.24) is 4.90 Å². The van der Waals surface area contributed by atoms with E-state index in [4.69, 9.17) is 9.47 Å². The minimum absolute atomic E-state index is 0.0994. The van der Waals surface area contributed by atoms with Crippen LogP contribution in [0.25, 0.3) is 0 Å². The number of amides is 3. The molecular formula is C19H18N2O5. The van der Waals surface area contributed by atoms with E-state index in [9.17, 15) is 14.4 Å². The number of fused-ring (bicyclic) bond motifs is 1. The van der Waals surface area contributed by atoms with E-state index in [2.05, 4.69) is 5.32 Å². The van der Waals surface area contributed by atoms with Crippen LogP contribution in [0.1, 0.15) is 15.9 Å². The van der Waals surface area contributed by atoms with Crippen LogP contribution in [-0.4, -0.2) is 43.4 Å². The summed E-state index contributed by atoms with van der Waals surface area (Å²) in [6, 6.07) is 11.8.